The first-order chi connectivity index (χ1) is 5.86. The zero-order chi connectivity index (χ0) is 8.81. The van der Waals surface area contributed by atoms with Crippen molar-refractivity contribution in [1.82, 2.24) is 10.3 Å². The predicted molar refractivity (Wildman–Crippen MR) is 45.7 cm³/mol. The van der Waals surface area contributed by atoms with Gasteiger partial charge in [-0.2, -0.15) is 5.26 Å². The van der Waals surface area contributed by atoms with Gasteiger partial charge in [0.1, 0.15) is 12.3 Å². The van der Waals surface area contributed by atoms with Gasteiger partial charge in [0.25, 0.3) is 5.22 Å². The lowest BCUT2D eigenvalue weighted by Crippen LogP contribution is -2.25. The van der Waals surface area contributed by atoms with E-state index in [1.165, 1.54) is 18.0 Å². The summed E-state index contributed by atoms with van der Waals surface area (Å²) in [6, 6.07) is 1.96. The van der Waals surface area contributed by atoms with Gasteiger partial charge in [-0.3, -0.25) is 0 Å². The molecule has 1 rings (SSSR count). The fraction of sp³-hybridized carbons (Fsp3) is 0.429. The molecule has 0 saturated heterocycles. The molecule has 1 aromatic rings. The number of nitriles is 1. The molecule has 4 nitrogen and oxygen atoms in total. The van der Waals surface area contributed by atoms with E-state index in [9.17, 15) is 0 Å². The maximum absolute atomic E-state index is 8.58. The Morgan fingerprint density at radius 3 is 3.25 bits per heavy atom. The van der Waals surface area contributed by atoms with Crippen LogP contribution in [0.4, 0.5) is 0 Å². The Morgan fingerprint density at radius 1 is 1.92 bits per heavy atom. The summed E-state index contributed by atoms with van der Waals surface area (Å²) in [5.41, 5.74) is 0. The van der Waals surface area contributed by atoms with Gasteiger partial charge in [-0.25, -0.2) is 4.98 Å². The van der Waals surface area contributed by atoms with Crippen LogP contribution in [0.15, 0.2) is 22.1 Å². The van der Waals surface area contributed by atoms with Crippen molar-refractivity contribution in [2.45, 2.75) is 11.3 Å². The molecule has 0 spiro atoms. The predicted octanol–water partition coefficient (Wildman–Crippen LogP) is 0.878. The van der Waals surface area contributed by atoms with Crippen LogP contribution in [0.25, 0.3) is 0 Å². The molecule has 1 N–H and O–H groups in total. The van der Waals surface area contributed by atoms with Crippen molar-refractivity contribution in [3.63, 3.8) is 0 Å². The second-order valence-electron chi connectivity index (χ2n) is 2.08. The van der Waals surface area contributed by atoms with Gasteiger partial charge in [-0.1, -0.05) is 11.8 Å². The highest BCUT2D eigenvalue weighted by molar-refractivity contribution is 7.99. The van der Waals surface area contributed by atoms with E-state index in [2.05, 4.69) is 16.4 Å². The third-order valence-electron chi connectivity index (χ3n) is 1.29. The smallest absolute Gasteiger partial charge is 0.255 e. The number of rotatable bonds is 4. The molecule has 64 valence electrons. The molecule has 1 heterocycles. The van der Waals surface area contributed by atoms with Crippen LogP contribution < -0.4 is 5.32 Å². The van der Waals surface area contributed by atoms with E-state index in [1.54, 1.807) is 13.2 Å². The largest absolute Gasteiger partial charge is 0.440 e. The van der Waals surface area contributed by atoms with E-state index in [0.717, 1.165) is 0 Å². The average molecular weight is 183 g/mol. The molecule has 0 saturated carbocycles. The number of aromatic nitrogens is 1. The summed E-state index contributed by atoms with van der Waals surface area (Å²) in [7, 11) is 1.75. The summed E-state index contributed by atoms with van der Waals surface area (Å²) in [4.78, 5) is 3.92. The van der Waals surface area contributed by atoms with Crippen molar-refractivity contribution < 1.29 is 4.42 Å². The molecule has 0 fully saturated rings. The minimum absolute atomic E-state index is 0.151. The molecule has 0 aliphatic rings. The molecular formula is C7H9N3OS. The van der Waals surface area contributed by atoms with Crippen molar-refractivity contribution in [3.8, 4) is 6.07 Å². The molecule has 1 atom stereocenters. The number of hydrogen-bond donors (Lipinski definition) is 1. The second kappa shape index (κ2) is 4.80. The van der Waals surface area contributed by atoms with Crippen molar-refractivity contribution in [1.29, 1.82) is 5.26 Å². The van der Waals surface area contributed by atoms with Crippen LogP contribution in [0, 0.1) is 11.3 Å². The number of hydrogen-bond acceptors (Lipinski definition) is 5. The quantitative estimate of drug-likeness (QED) is 0.702. The van der Waals surface area contributed by atoms with E-state index in [-0.39, 0.29) is 6.04 Å². The lowest BCUT2D eigenvalue weighted by Gasteiger charge is -2.03. The molecular weight excluding hydrogens is 174 g/mol. The Labute approximate surface area is 75.0 Å². The summed E-state index contributed by atoms with van der Waals surface area (Å²) in [5, 5.41) is 12.0. The Hall–Kier alpha value is -0.990. The van der Waals surface area contributed by atoms with E-state index in [0.29, 0.717) is 11.0 Å². The van der Waals surface area contributed by atoms with Crippen LogP contribution >= 0.6 is 11.8 Å². The fourth-order valence-corrected chi connectivity index (χ4v) is 1.43. The van der Waals surface area contributed by atoms with E-state index < -0.39 is 0 Å². The lowest BCUT2D eigenvalue weighted by molar-refractivity contribution is 0.454. The first-order valence-electron chi connectivity index (χ1n) is 3.46. The molecule has 5 heteroatoms. The van der Waals surface area contributed by atoms with Gasteiger partial charge in [-0.15, -0.1) is 0 Å². The second-order valence-corrected chi connectivity index (χ2v) is 3.05. The molecule has 1 unspecified atom stereocenters. The Balaban J connectivity index is 2.31. The van der Waals surface area contributed by atoms with Crippen molar-refractivity contribution >= 4 is 11.8 Å². The van der Waals surface area contributed by atoms with Gasteiger partial charge in [0, 0.05) is 5.75 Å². The first-order valence-corrected chi connectivity index (χ1v) is 4.44. The van der Waals surface area contributed by atoms with E-state index in [1.807, 2.05) is 0 Å². The third kappa shape index (κ3) is 2.57. The van der Waals surface area contributed by atoms with Crippen LogP contribution in [0.1, 0.15) is 0 Å². The Morgan fingerprint density at radius 2 is 2.75 bits per heavy atom. The normalized spacial score (nSPS) is 12.3. The molecule has 12 heavy (non-hydrogen) atoms. The van der Waals surface area contributed by atoms with E-state index in [4.69, 9.17) is 9.68 Å². The molecule has 0 bridgehead atoms. The maximum atomic E-state index is 8.58. The van der Waals surface area contributed by atoms with Gasteiger partial charge < -0.3 is 9.73 Å². The van der Waals surface area contributed by atoms with Crippen LogP contribution in [0.3, 0.4) is 0 Å². The standard InChI is InChI=1S/C7H9N3OS/c1-9-6(4-8)5-12-7-10-2-3-11-7/h2-3,6,9H,5H2,1H3. The topological polar surface area (TPSA) is 61.9 Å². The van der Waals surface area contributed by atoms with Crippen molar-refractivity contribution in [2.24, 2.45) is 0 Å². The third-order valence-corrected chi connectivity index (χ3v) is 2.24. The maximum Gasteiger partial charge on any atom is 0.255 e. The van der Waals surface area contributed by atoms with Crippen molar-refractivity contribution in [3.05, 3.63) is 12.5 Å². The van der Waals surface area contributed by atoms with Crippen LogP contribution in [-0.2, 0) is 0 Å². The van der Waals surface area contributed by atoms with Gasteiger partial charge >= 0.3 is 0 Å². The highest BCUT2D eigenvalue weighted by Gasteiger charge is 2.06. The SMILES string of the molecule is CNC(C#N)CSc1ncco1. The van der Waals surface area contributed by atoms with Gasteiger partial charge in [-0.05, 0) is 7.05 Å². The number of oxazole rings is 1. The summed E-state index contributed by atoms with van der Waals surface area (Å²) < 4.78 is 4.99. The molecule has 0 aromatic carbocycles. The zero-order valence-electron chi connectivity index (χ0n) is 6.65. The Bertz CT molecular complexity index is 254. The Kier molecular flexibility index (Phi) is 3.64. The average Bonchev–Trinajstić information content (AvgIpc) is 2.59. The molecule has 1 aromatic heterocycles. The molecule has 0 aliphatic heterocycles. The molecule has 0 amide bonds. The van der Waals surface area contributed by atoms with Gasteiger partial charge in [0.15, 0.2) is 0 Å². The zero-order valence-corrected chi connectivity index (χ0v) is 7.47. The fourth-order valence-electron chi connectivity index (χ4n) is 0.621. The highest BCUT2D eigenvalue weighted by atomic mass is 32.2. The summed E-state index contributed by atoms with van der Waals surface area (Å²) in [6.07, 6.45) is 3.10. The highest BCUT2D eigenvalue weighted by Crippen LogP contribution is 2.15. The molecule has 0 radical (unpaired) electrons. The monoisotopic (exact) mass is 183 g/mol. The van der Waals surface area contributed by atoms with Crippen molar-refractivity contribution in [2.75, 3.05) is 12.8 Å². The summed E-state index contributed by atoms with van der Waals surface area (Å²) >= 11 is 1.42. The minimum atomic E-state index is -0.151. The van der Waals surface area contributed by atoms with E-state index >= 15 is 0 Å². The number of nitrogens with zero attached hydrogens (tertiary/aromatic N) is 2. The minimum Gasteiger partial charge on any atom is -0.440 e. The summed E-state index contributed by atoms with van der Waals surface area (Å²) in [6.45, 7) is 0. The van der Waals surface area contributed by atoms with Gasteiger partial charge in [0.2, 0.25) is 0 Å². The lowest BCUT2D eigenvalue weighted by atomic mass is 10.4. The van der Waals surface area contributed by atoms with Crippen LogP contribution in [-0.4, -0.2) is 23.8 Å². The molecule has 0 aliphatic carbocycles. The summed E-state index contributed by atoms with van der Waals surface area (Å²) in [5.74, 6) is 0.646. The first kappa shape index (κ1) is 9.10. The van der Waals surface area contributed by atoms with Crippen LogP contribution in [0.5, 0.6) is 0 Å². The van der Waals surface area contributed by atoms with Crippen LogP contribution in [0.2, 0.25) is 0 Å². The van der Waals surface area contributed by atoms with Gasteiger partial charge in [0.05, 0.1) is 12.3 Å². The number of nitrogens with one attached hydrogen (secondary N) is 1. The number of thioether (sulfide) groups is 1.